The molecule has 1 unspecified atom stereocenters. The van der Waals surface area contributed by atoms with Gasteiger partial charge in [0.15, 0.2) is 5.78 Å². The number of nitrogens with one attached hydrogen (secondary N) is 2. The van der Waals surface area contributed by atoms with Gasteiger partial charge in [0, 0.05) is 23.9 Å². The minimum atomic E-state index is -2.15. The first-order chi connectivity index (χ1) is 11.2. The van der Waals surface area contributed by atoms with Crippen LogP contribution in [-0.2, 0) is 23.4 Å². The van der Waals surface area contributed by atoms with Crippen LogP contribution >= 0.6 is 0 Å². The van der Waals surface area contributed by atoms with E-state index in [0.717, 1.165) is 22.0 Å². The van der Waals surface area contributed by atoms with Gasteiger partial charge in [0.2, 0.25) is 0 Å². The lowest BCUT2D eigenvalue weighted by Gasteiger charge is -2.29. The van der Waals surface area contributed by atoms with Crippen LogP contribution in [0.5, 0.6) is 0 Å². The molecule has 0 bridgehead atoms. The fourth-order valence-corrected chi connectivity index (χ4v) is 3.34. The number of benzene rings is 2. The summed E-state index contributed by atoms with van der Waals surface area (Å²) < 4.78 is 15.6. The van der Waals surface area contributed by atoms with Crippen LogP contribution in [0.4, 0.5) is 4.39 Å². The van der Waals surface area contributed by atoms with Crippen LogP contribution in [0.2, 0.25) is 0 Å². The molecule has 1 aliphatic heterocycles. The van der Waals surface area contributed by atoms with Gasteiger partial charge in [0.1, 0.15) is 0 Å². The maximum absolute atomic E-state index is 15.6. The molecule has 1 aliphatic rings. The molecule has 0 amide bonds. The highest BCUT2D eigenvalue weighted by atomic mass is 19.1. The third kappa shape index (κ3) is 2.26. The Hall–Kier alpha value is -2.46. The number of Topliss-reactive ketones (excluding diaryl/α,β-unsaturated/α-hetero) is 1. The molecule has 2 N–H and O–H groups in total. The van der Waals surface area contributed by atoms with Crippen LogP contribution < -0.4 is 5.32 Å². The minimum absolute atomic E-state index is 0.0686. The zero-order valence-corrected chi connectivity index (χ0v) is 12.6. The number of hydrogen-bond acceptors (Lipinski definition) is 2. The molecule has 0 aliphatic carbocycles. The Bertz CT molecular complexity index is 871. The van der Waals surface area contributed by atoms with E-state index in [9.17, 15) is 4.79 Å². The number of rotatable bonds is 3. The highest BCUT2D eigenvalue weighted by Crippen LogP contribution is 2.35. The highest BCUT2D eigenvalue weighted by molar-refractivity contribution is 5.94. The van der Waals surface area contributed by atoms with Gasteiger partial charge in [-0.2, -0.15) is 0 Å². The summed E-state index contributed by atoms with van der Waals surface area (Å²) in [6, 6.07) is 17.0. The molecule has 0 fully saturated rings. The van der Waals surface area contributed by atoms with Crippen molar-refractivity contribution in [3.8, 4) is 0 Å². The summed E-state index contributed by atoms with van der Waals surface area (Å²) in [4.78, 5) is 15.8. The monoisotopic (exact) mass is 308 g/mol. The minimum Gasteiger partial charge on any atom is -0.354 e. The second-order valence-electron chi connectivity index (χ2n) is 5.94. The Morgan fingerprint density at radius 1 is 1.09 bits per heavy atom. The van der Waals surface area contributed by atoms with Crippen LogP contribution in [0.25, 0.3) is 10.9 Å². The summed E-state index contributed by atoms with van der Waals surface area (Å²) in [5.41, 5.74) is 2.96. The summed E-state index contributed by atoms with van der Waals surface area (Å²) in [6.45, 7) is 0.450. The Morgan fingerprint density at radius 2 is 1.83 bits per heavy atom. The fraction of sp³-hybridized carbons (Fsp3) is 0.211. The lowest BCUT2D eigenvalue weighted by Crippen LogP contribution is -2.50. The standard InChI is InChI=1S/C19H17FN2O/c20-19(17(23)12-13-6-2-1-3-7-13)18-15(10-11-21-19)14-8-4-5-9-16(14)22-18/h1-9,21-22H,10-12H2. The first kappa shape index (κ1) is 14.2. The summed E-state index contributed by atoms with van der Waals surface area (Å²) in [5.74, 6) is -2.61. The van der Waals surface area contributed by atoms with E-state index in [0.29, 0.717) is 18.7 Å². The molecule has 4 rings (SSSR count). The van der Waals surface area contributed by atoms with Crippen molar-refractivity contribution in [3.63, 3.8) is 0 Å². The molecule has 23 heavy (non-hydrogen) atoms. The molecule has 4 heteroatoms. The largest absolute Gasteiger partial charge is 0.354 e. The van der Waals surface area contributed by atoms with Crippen molar-refractivity contribution >= 4 is 16.7 Å². The number of carbonyl (C=O) groups is 1. The number of fused-ring (bicyclic) bond motifs is 3. The fourth-order valence-electron chi connectivity index (χ4n) is 3.34. The van der Waals surface area contributed by atoms with E-state index in [1.54, 1.807) is 0 Å². The maximum atomic E-state index is 15.6. The second kappa shape index (κ2) is 5.32. The molecular formula is C19H17FN2O. The molecule has 2 heterocycles. The first-order valence-electron chi connectivity index (χ1n) is 7.80. The molecular weight excluding hydrogens is 291 g/mol. The van der Waals surface area contributed by atoms with Gasteiger partial charge in [0.25, 0.3) is 5.79 Å². The molecule has 116 valence electrons. The normalized spacial score (nSPS) is 20.4. The molecule has 3 aromatic rings. The molecule has 1 atom stereocenters. The third-order valence-corrected chi connectivity index (χ3v) is 4.49. The number of H-pyrrole nitrogens is 1. The number of alkyl halides is 1. The molecule has 0 saturated heterocycles. The van der Waals surface area contributed by atoms with E-state index in [4.69, 9.17) is 0 Å². The molecule has 3 nitrogen and oxygen atoms in total. The predicted octanol–water partition coefficient (Wildman–Crippen LogP) is 3.25. The number of halogens is 1. The van der Waals surface area contributed by atoms with Crippen molar-refractivity contribution in [2.45, 2.75) is 18.6 Å². The van der Waals surface area contributed by atoms with Crippen LogP contribution in [0.3, 0.4) is 0 Å². The zero-order valence-electron chi connectivity index (χ0n) is 12.6. The van der Waals surface area contributed by atoms with Gasteiger partial charge in [-0.1, -0.05) is 48.5 Å². The van der Waals surface area contributed by atoms with Gasteiger partial charge in [-0.05, 0) is 23.6 Å². The Kier molecular flexibility index (Phi) is 3.27. The van der Waals surface area contributed by atoms with Gasteiger partial charge in [-0.3, -0.25) is 10.1 Å². The predicted molar refractivity (Wildman–Crippen MR) is 87.9 cm³/mol. The molecule has 2 aromatic carbocycles. The number of aromatic nitrogens is 1. The first-order valence-corrected chi connectivity index (χ1v) is 7.80. The van der Waals surface area contributed by atoms with Crippen LogP contribution in [0.1, 0.15) is 16.8 Å². The van der Waals surface area contributed by atoms with E-state index in [1.165, 1.54) is 0 Å². The van der Waals surface area contributed by atoms with Crippen molar-refractivity contribution in [2.24, 2.45) is 0 Å². The summed E-state index contributed by atoms with van der Waals surface area (Å²) in [7, 11) is 0. The van der Waals surface area contributed by atoms with Crippen molar-refractivity contribution in [3.05, 3.63) is 71.4 Å². The van der Waals surface area contributed by atoms with Gasteiger partial charge in [0.05, 0.1) is 5.69 Å². The summed E-state index contributed by atoms with van der Waals surface area (Å²) in [6.07, 6.45) is 0.781. The Morgan fingerprint density at radius 3 is 2.65 bits per heavy atom. The van der Waals surface area contributed by atoms with Gasteiger partial charge < -0.3 is 4.98 Å². The molecule has 1 aromatic heterocycles. The van der Waals surface area contributed by atoms with E-state index in [1.807, 2.05) is 54.6 Å². The average molecular weight is 308 g/mol. The second-order valence-corrected chi connectivity index (χ2v) is 5.94. The smallest absolute Gasteiger partial charge is 0.261 e. The highest BCUT2D eigenvalue weighted by Gasteiger charge is 2.45. The van der Waals surface area contributed by atoms with E-state index in [-0.39, 0.29) is 6.42 Å². The third-order valence-electron chi connectivity index (χ3n) is 4.49. The van der Waals surface area contributed by atoms with E-state index >= 15 is 4.39 Å². The molecule has 0 spiro atoms. The molecule has 0 saturated carbocycles. The van der Waals surface area contributed by atoms with Crippen LogP contribution in [0, 0.1) is 0 Å². The topological polar surface area (TPSA) is 44.9 Å². The van der Waals surface area contributed by atoms with Crippen LogP contribution in [0.15, 0.2) is 54.6 Å². The van der Waals surface area contributed by atoms with Crippen molar-refractivity contribution in [1.29, 1.82) is 0 Å². The van der Waals surface area contributed by atoms with Crippen molar-refractivity contribution < 1.29 is 9.18 Å². The van der Waals surface area contributed by atoms with Crippen molar-refractivity contribution in [2.75, 3.05) is 6.54 Å². The lowest BCUT2D eigenvalue weighted by molar-refractivity contribution is -0.133. The Balaban J connectivity index is 1.76. The van der Waals surface area contributed by atoms with Gasteiger partial charge in [-0.15, -0.1) is 0 Å². The van der Waals surface area contributed by atoms with Gasteiger partial charge in [-0.25, -0.2) is 4.39 Å². The number of ketones is 1. The average Bonchev–Trinajstić information content (AvgIpc) is 2.96. The summed E-state index contributed by atoms with van der Waals surface area (Å²) in [5, 5.41) is 3.78. The van der Waals surface area contributed by atoms with E-state index in [2.05, 4.69) is 10.3 Å². The van der Waals surface area contributed by atoms with Gasteiger partial charge >= 0.3 is 0 Å². The number of aromatic amines is 1. The maximum Gasteiger partial charge on any atom is 0.261 e. The number of para-hydroxylation sites is 1. The SMILES string of the molecule is O=C(Cc1ccccc1)C1(F)NCCc2c1[nH]c1ccccc21. The quantitative estimate of drug-likeness (QED) is 0.730. The van der Waals surface area contributed by atoms with Crippen LogP contribution in [-0.4, -0.2) is 17.3 Å². The number of hydrogen-bond donors (Lipinski definition) is 2. The zero-order chi connectivity index (χ0) is 15.9. The summed E-state index contributed by atoms with van der Waals surface area (Å²) >= 11 is 0. The molecule has 0 radical (unpaired) electrons. The Labute approximate surface area is 133 Å². The van der Waals surface area contributed by atoms with Crippen molar-refractivity contribution in [1.82, 2.24) is 10.3 Å². The lowest BCUT2D eigenvalue weighted by atomic mass is 9.92. The number of carbonyl (C=O) groups excluding carboxylic acids is 1. The van der Waals surface area contributed by atoms with E-state index < -0.39 is 11.6 Å².